The van der Waals surface area contributed by atoms with Crippen LogP contribution in [0.25, 0.3) is 0 Å². The molecular formula is C23H28N2O4. The first kappa shape index (κ1) is 20.7. The van der Waals surface area contributed by atoms with Crippen molar-refractivity contribution in [3.05, 3.63) is 66.2 Å². The van der Waals surface area contributed by atoms with E-state index in [0.717, 1.165) is 24.2 Å². The van der Waals surface area contributed by atoms with Crippen molar-refractivity contribution < 1.29 is 19.4 Å². The fourth-order valence-electron chi connectivity index (χ4n) is 3.56. The number of benzene rings is 2. The molecule has 1 unspecified atom stereocenters. The summed E-state index contributed by atoms with van der Waals surface area (Å²) < 4.78 is 5.98. The Kier molecular flexibility index (Phi) is 7.50. The average Bonchev–Trinajstić information content (AvgIpc) is 2.74. The monoisotopic (exact) mass is 396 g/mol. The van der Waals surface area contributed by atoms with Crippen molar-refractivity contribution >= 4 is 12.0 Å². The highest BCUT2D eigenvalue weighted by atomic mass is 16.5. The van der Waals surface area contributed by atoms with E-state index in [1.807, 2.05) is 60.7 Å². The zero-order valence-electron chi connectivity index (χ0n) is 16.5. The topological polar surface area (TPSA) is 78.9 Å². The van der Waals surface area contributed by atoms with Gasteiger partial charge in [-0.3, -0.25) is 4.79 Å². The minimum absolute atomic E-state index is 0.0325. The van der Waals surface area contributed by atoms with Gasteiger partial charge in [-0.05, 0) is 30.5 Å². The first-order valence-electron chi connectivity index (χ1n) is 10.1. The van der Waals surface area contributed by atoms with Crippen LogP contribution in [0.1, 0.15) is 31.2 Å². The Morgan fingerprint density at radius 1 is 1.03 bits per heavy atom. The van der Waals surface area contributed by atoms with Crippen molar-refractivity contribution in [2.75, 3.05) is 13.1 Å². The maximum Gasteiger partial charge on any atom is 0.317 e. The lowest BCUT2D eigenvalue weighted by atomic mass is 10.0. The number of hydrogen-bond donors (Lipinski definition) is 2. The Balaban J connectivity index is 1.50. The number of aliphatic carboxylic acids is 1. The first-order valence-corrected chi connectivity index (χ1v) is 10.1. The van der Waals surface area contributed by atoms with Crippen LogP contribution in [0.15, 0.2) is 60.7 Å². The molecule has 0 aromatic heterocycles. The van der Waals surface area contributed by atoms with Crippen molar-refractivity contribution in [2.24, 2.45) is 0 Å². The highest BCUT2D eigenvalue weighted by Gasteiger charge is 2.25. The molecule has 1 aliphatic heterocycles. The van der Waals surface area contributed by atoms with Gasteiger partial charge >= 0.3 is 12.0 Å². The number of likely N-dealkylation sites (tertiary alicyclic amines) is 1. The van der Waals surface area contributed by atoms with Crippen LogP contribution in [-0.2, 0) is 11.2 Å². The second-order valence-electron chi connectivity index (χ2n) is 7.39. The molecular weight excluding hydrogens is 368 g/mol. The van der Waals surface area contributed by atoms with Crippen LogP contribution in [0.5, 0.6) is 5.75 Å². The molecule has 0 radical (unpaired) electrons. The molecule has 1 saturated heterocycles. The molecule has 0 spiro atoms. The molecule has 0 saturated carbocycles. The lowest BCUT2D eigenvalue weighted by molar-refractivity contribution is -0.137. The number of carboxylic acids is 1. The Morgan fingerprint density at radius 2 is 1.66 bits per heavy atom. The van der Waals surface area contributed by atoms with Crippen LogP contribution in [0.2, 0.25) is 0 Å². The van der Waals surface area contributed by atoms with Gasteiger partial charge in [0.2, 0.25) is 0 Å². The van der Waals surface area contributed by atoms with Crippen LogP contribution in [-0.4, -0.2) is 47.2 Å². The predicted molar refractivity (Wildman–Crippen MR) is 111 cm³/mol. The number of carbonyl (C=O) groups excluding carboxylic acids is 1. The molecule has 1 atom stereocenters. The molecule has 1 heterocycles. The number of nitrogens with zero attached hydrogens (tertiary/aromatic N) is 1. The van der Waals surface area contributed by atoms with Crippen LogP contribution in [0, 0.1) is 0 Å². The summed E-state index contributed by atoms with van der Waals surface area (Å²) in [5, 5.41) is 12.1. The van der Waals surface area contributed by atoms with Crippen LogP contribution in [0.3, 0.4) is 0 Å². The van der Waals surface area contributed by atoms with Crippen LogP contribution >= 0.6 is 0 Å². The quantitative estimate of drug-likeness (QED) is 0.713. The Hall–Kier alpha value is -3.02. The van der Waals surface area contributed by atoms with Gasteiger partial charge in [0.05, 0.1) is 0 Å². The molecule has 3 rings (SSSR count). The molecule has 6 nitrogen and oxygen atoms in total. The van der Waals surface area contributed by atoms with E-state index in [0.29, 0.717) is 25.9 Å². The van der Waals surface area contributed by atoms with E-state index in [-0.39, 0.29) is 24.6 Å². The zero-order chi connectivity index (χ0) is 20.5. The van der Waals surface area contributed by atoms with E-state index >= 15 is 0 Å². The van der Waals surface area contributed by atoms with Crippen LogP contribution < -0.4 is 10.1 Å². The maximum atomic E-state index is 12.7. The molecule has 29 heavy (non-hydrogen) atoms. The molecule has 1 fully saturated rings. The normalized spacial score (nSPS) is 15.5. The lowest BCUT2D eigenvalue weighted by Crippen LogP contribution is -2.49. The summed E-state index contributed by atoms with van der Waals surface area (Å²) in [5.74, 6) is 0.00295. The van der Waals surface area contributed by atoms with Gasteiger partial charge in [-0.15, -0.1) is 0 Å². The van der Waals surface area contributed by atoms with Crippen molar-refractivity contribution in [1.29, 1.82) is 0 Å². The molecule has 2 aromatic carbocycles. The summed E-state index contributed by atoms with van der Waals surface area (Å²) in [6.07, 6.45) is 2.72. The maximum absolute atomic E-state index is 12.7. The highest BCUT2D eigenvalue weighted by molar-refractivity contribution is 5.75. The molecule has 0 bridgehead atoms. The number of ether oxygens (including phenoxy) is 1. The molecule has 1 aliphatic rings. The number of carboxylic acid groups (broad SMARTS) is 1. The summed E-state index contributed by atoms with van der Waals surface area (Å²) in [4.78, 5) is 25.5. The largest absolute Gasteiger partial charge is 0.490 e. The molecule has 0 aliphatic carbocycles. The highest BCUT2D eigenvalue weighted by Crippen LogP contribution is 2.19. The number of nitrogens with one attached hydrogen (secondary N) is 1. The van der Waals surface area contributed by atoms with Gasteiger partial charge in [0.1, 0.15) is 11.9 Å². The van der Waals surface area contributed by atoms with Gasteiger partial charge in [-0.25, -0.2) is 4.79 Å². The standard InChI is InChI=1S/C23H28N2O4/c26-22(27)12-11-19(17-18-7-3-1-4-8-18)24-23(28)25-15-13-21(14-16-25)29-20-9-5-2-6-10-20/h1-10,19,21H,11-17H2,(H,24,28)(H,26,27). The minimum Gasteiger partial charge on any atom is -0.490 e. The third kappa shape index (κ3) is 6.82. The van der Waals surface area contributed by atoms with Gasteiger partial charge in [0, 0.05) is 38.4 Å². The van der Waals surface area contributed by atoms with E-state index in [1.54, 1.807) is 4.90 Å². The van der Waals surface area contributed by atoms with Crippen molar-refractivity contribution in [2.45, 2.75) is 44.2 Å². The summed E-state index contributed by atoms with van der Waals surface area (Å²) in [6, 6.07) is 19.2. The zero-order valence-corrected chi connectivity index (χ0v) is 16.5. The number of amides is 2. The second kappa shape index (κ2) is 10.5. The summed E-state index contributed by atoms with van der Waals surface area (Å²) in [6.45, 7) is 1.25. The lowest BCUT2D eigenvalue weighted by Gasteiger charge is -2.33. The molecule has 2 amide bonds. The third-order valence-corrected chi connectivity index (χ3v) is 5.13. The van der Waals surface area contributed by atoms with Crippen LogP contribution in [0.4, 0.5) is 4.79 Å². The predicted octanol–water partition coefficient (Wildman–Crippen LogP) is 3.72. The smallest absolute Gasteiger partial charge is 0.317 e. The van der Waals surface area contributed by atoms with Crippen molar-refractivity contribution in [3.8, 4) is 5.75 Å². The molecule has 6 heteroatoms. The summed E-state index contributed by atoms with van der Waals surface area (Å²) in [5.41, 5.74) is 1.08. The summed E-state index contributed by atoms with van der Waals surface area (Å²) in [7, 11) is 0. The Morgan fingerprint density at radius 3 is 2.28 bits per heavy atom. The number of piperidine rings is 1. The van der Waals surface area contributed by atoms with Gasteiger partial charge < -0.3 is 20.1 Å². The van der Waals surface area contributed by atoms with E-state index < -0.39 is 5.97 Å². The van der Waals surface area contributed by atoms with Gasteiger partial charge in [-0.1, -0.05) is 48.5 Å². The Labute approximate surface area is 171 Å². The van der Waals surface area contributed by atoms with E-state index in [2.05, 4.69) is 5.32 Å². The Bertz CT molecular complexity index is 774. The fraction of sp³-hybridized carbons (Fsp3) is 0.391. The van der Waals surface area contributed by atoms with Crippen molar-refractivity contribution in [3.63, 3.8) is 0 Å². The molecule has 2 aromatic rings. The van der Waals surface area contributed by atoms with Gasteiger partial charge in [0.15, 0.2) is 0 Å². The SMILES string of the molecule is O=C(O)CCC(Cc1ccccc1)NC(=O)N1CCC(Oc2ccccc2)CC1. The molecule has 154 valence electrons. The first-order chi connectivity index (χ1) is 14.1. The number of rotatable bonds is 8. The van der Waals surface area contributed by atoms with Gasteiger partial charge in [0.25, 0.3) is 0 Å². The second-order valence-corrected chi connectivity index (χ2v) is 7.39. The van der Waals surface area contributed by atoms with E-state index in [4.69, 9.17) is 9.84 Å². The summed E-state index contributed by atoms with van der Waals surface area (Å²) >= 11 is 0. The molecule has 2 N–H and O–H groups in total. The third-order valence-electron chi connectivity index (χ3n) is 5.13. The number of para-hydroxylation sites is 1. The fourth-order valence-corrected chi connectivity index (χ4v) is 3.56. The minimum atomic E-state index is -0.851. The van der Waals surface area contributed by atoms with E-state index in [9.17, 15) is 9.59 Å². The van der Waals surface area contributed by atoms with Crippen molar-refractivity contribution in [1.82, 2.24) is 10.2 Å². The number of hydrogen-bond acceptors (Lipinski definition) is 3. The number of carbonyl (C=O) groups is 2. The average molecular weight is 396 g/mol. The number of urea groups is 1. The van der Waals surface area contributed by atoms with E-state index in [1.165, 1.54) is 0 Å². The van der Waals surface area contributed by atoms with Gasteiger partial charge in [-0.2, -0.15) is 0 Å².